The van der Waals surface area contributed by atoms with E-state index in [2.05, 4.69) is 29.5 Å². The second-order valence-corrected chi connectivity index (χ2v) is 6.05. The minimum Gasteiger partial charge on any atom is -0.382 e. The Morgan fingerprint density at radius 1 is 1.20 bits per heavy atom. The molecule has 0 bridgehead atoms. The third-order valence-electron chi connectivity index (χ3n) is 2.93. The molecule has 15 heavy (non-hydrogen) atoms. The van der Waals surface area contributed by atoms with Gasteiger partial charge in [0.05, 0.1) is 18.8 Å². The van der Waals surface area contributed by atoms with Crippen molar-refractivity contribution >= 4 is 22.6 Å². The smallest absolute Gasteiger partial charge is 0.0784 e. The van der Waals surface area contributed by atoms with E-state index in [0.29, 0.717) is 16.6 Å². The number of ether oxygens (including phenoxy) is 2. The predicted octanol–water partition coefficient (Wildman–Crippen LogP) is 3.56. The number of halogens is 1. The fourth-order valence-electron chi connectivity index (χ4n) is 2.13. The van der Waals surface area contributed by atoms with Gasteiger partial charge in [-0.05, 0) is 19.8 Å². The highest BCUT2D eigenvalue weighted by atomic mass is 127. The lowest BCUT2D eigenvalue weighted by Crippen LogP contribution is -2.31. The summed E-state index contributed by atoms with van der Waals surface area (Å²) in [6, 6.07) is 0. The maximum absolute atomic E-state index is 6.05. The Kier molecular flexibility index (Phi) is 7.17. The van der Waals surface area contributed by atoms with Gasteiger partial charge in [-0.15, -0.1) is 0 Å². The van der Waals surface area contributed by atoms with Crippen LogP contribution < -0.4 is 0 Å². The van der Waals surface area contributed by atoms with Crippen LogP contribution in [0.2, 0.25) is 0 Å². The minimum absolute atomic E-state index is 0.233. The van der Waals surface area contributed by atoms with Gasteiger partial charge < -0.3 is 9.47 Å². The Hall–Kier alpha value is 0.650. The lowest BCUT2D eigenvalue weighted by atomic mass is 9.98. The van der Waals surface area contributed by atoms with E-state index in [1.807, 2.05) is 0 Å². The molecule has 1 aliphatic carbocycles. The molecule has 0 heterocycles. The molecule has 1 aliphatic rings. The summed E-state index contributed by atoms with van der Waals surface area (Å²) in [5.41, 5.74) is 0. The average Bonchev–Trinajstić information content (AvgIpc) is 2.18. The quantitative estimate of drug-likeness (QED) is 0.581. The summed E-state index contributed by atoms with van der Waals surface area (Å²) >= 11 is 2.56. The third-order valence-corrected chi connectivity index (χ3v) is 4.36. The van der Waals surface area contributed by atoms with Crippen LogP contribution in [-0.4, -0.2) is 29.8 Å². The Bertz CT molecular complexity index is 164. The molecular formula is C12H23IO2. The van der Waals surface area contributed by atoms with Gasteiger partial charge in [-0.2, -0.15) is 0 Å². The van der Waals surface area contributed by atoms with Gasteiger partial charge in [0.2, 0.25) is 0 Å². The zero-order valence-corrected chi connectivity index (χ0v) is 12.0. The van der Waals surface area contributed by atoms with Crippen LogP contribution in [0.5, 0.6) is 0 Å². The molecule has 3 unspecified atom stereocenters. The monoisotopic (exact) mass is 326 g/mol. The first-order chi connectivity index (χ1) is 7.24. The fraction of sp³-hybridized carbons (Fsp3) is 1.00. The second-order valence-electron chi connectivity index (χ2n) is 4.45. The summed E-state index contributed by atoms with van der Waals surface area (Å²) in [6.45, 7) is 2.81. The summed E-state index contributed by atoms with van der Waals surface area (Å²) in [4.78, 5) is 0. The Labute approximate surface area is 107 Å². The van der Waals surface area contributed by atoms with Crippen LogP contribution in [0.1, 0.15) is 45.4 Å². The van der Waals surface area contributed by atoms with Crippen LogP contribution in [0.25, 0.3) is 0 Å². The molecule has 0 aromatic rings. The topological polar surface area (TPSA) is 18.5 Å². The van der Waals surface area contributed by atoms with Crippen molar-refractivity contribution in [1.29, 1.82) is 0 Å². The highest BCUT2D eigenvalue weighted by Crippen LogP contribution is 2.26. The molecule has 1 rings (SSSR count). The normalized spacial score (nSPS) is 30.6. The third kappa shape index (κ3) is 5.50. The van der Waals surface area contributed by atoms with Crippen LogP contribution in [0.15, 0.2) is 0 Å². The van der Waals surface area contributed by atoms with Gasteiger partial charge in [-0.1, -0.05) is 48.3 Å². The first-order valence-corrected chi connectivity index (χ1v) is 7.27. The van der Waals surface area contributed by atoms with Gasteiger partial charge >= 0.3 is 0 Å². The molecule has 0 aromatic carbocycles. The summed E-state index contributed by atoms with van der Waals surface area (Å²) in [5.74, 6) is 0. The fourth-order valence-corrected chi connectivity index (χ4v) is 3.10. The minimum atomic E-state index is 0.233. The molecule has 3 heteroatoms. The van der Waals surface area contributed by atoms with E-state index in [1.54, 1.807) is 7.11 Å². The number of alkyl halides is 1. The zero-order chi connectivity index (χ0) is 11.1. The van der Waals surface area contributed by atoms with Crippen molar-refractivity contribution in [1.82, 2.24) is 0 Å². The van der Waals surface area contributed by atoms with E-state index in [4.69, 9.17) is 9.47 Å². The molecule has 90 valence electrons. The standard InChI is InChI=1S/C12H23IO2/c1-10(9-14-2)15-12-8-6-4-3-5-7-11(12)13/h10-12H,3-9H2,1-2H3. The Morgan fingerprint density at radius 2 is 1.87 bits per heavy atom. The van der Waals surface area contributed by atoms with Crippen molar-refractivity contribution < 1.29 is 9.47 Å². The largest absolute Gasteiger partial charge is 0.382 e. The number of rotatable bonds is 4. The van der Waals surface area contributed by atoms with Crippen molar-refractivity contribution in [3.63, 3.8) is 0 Å². The van der Waals surface area contributed by atoms with E-state index in [1.165, 1.54) is 38.5 Å². The average molecular weight is 326 g/mol. The first-order valence-electron chi connectivity index (χ1n) is 6.02. The van der Waals surface area contributed by atoms with Crippen molar-refractivity contribution in [3.05, 3.63) is 0 Å². The Balaban J connectivity index is 2.34. The molecule has 0 N–H and O–H groups in total. The second kappa shape index (κ2) is 7.85. The molecular weight excluding hydrogens is 303 g/mol. The molecule has 0 amide bonds. The summed E-state index contributed by atoms with van der Waals surface area (Å²) in [5, 5.41) is 0. The van der Waals surface area contributed by atoms with Crippen LogP contribution >= 0.6 is 22.6 Å². The number of hydrogen-bond acceptors (Lipinski definition) is 2. The lowest BCUT2D eigenvalue weighted by Gasteiger charge is -2.28. The molecule has 0 aliphatic heterocycles. The summed E-state index contributed by atoms with van der Waals surface area (Å²) < 4.78 is 11.8. The molecule has 1 fully saturated rings. The van der Waals surface area contributed by atoms with E-state index in [9.17, 15) is 0 Å². The van der Waals surface area contributed by atoms with Gasteiger partial charge in [-0.3, -0.25) is 0 Å². The maximum Gasteiger partial charge on any atom is 0.0784 e. The van der Waals surface area contributed by atoms with Crippen LogP contribution in [0.4, 0.5) is 0 Å². The van der Waals surface area contributed by atoms with Gasteiger partial charge in [0.1, 0.15) is 0 Å². The van der Waals surface area contributed by atoms with E-state index in [-0.39, 0.29) is 6.10 Å². The Morgan fingerprint density at radius 3 is 2.53 bits per heavy atom. The van der Waals surface area contributed by atoms with E-state index >= 15 is 0 Å². The molecule has 0 aromatic heterocycles. The number of methoxy groups -OCH3 is 1. The van der Waals surface area contributed by atoms with E-state index < -0.39 is 0 Å². The molecule has 1 saturated carbocycles. The van der Waals surface area contributed by atoms with Crippen LogP contribution in [0, 0.1) is 0 Å². The van der Waals surface area contributed by atoms with Crippen LogP contribution in [-0.2, 0) is 9.47 Å². The highest BCUT2D eigenvalue weighted by Gasteiger charge is 2.22. The molecule has 0 spiro atoms. The highest BCUT2D eigenvalue weighted by molar-refractivity contribution is 14.1. The van der Waals surface area contributed by atoms with Crippen molar-refractivity contribution in [2.45, 2.75) is 61.6 Å². The van der Waals surface area contributed by atoms with Crippen molar-refractivity contribution in [2.75, 3.05) is 13.7 Å². The SMILES string of the molecule is COCC(C)OC1CCCCCCC1I. The lowest BCUT2D eigenvalue weighted by molar-refractivity contribution is -0.0430. The van der Waals surface area contributed by atoms with Crippen molar-refractivity contribution in [3.8, 4) is 0 Å². The maximum atomic E-state index is 6.05. The predicted molar refractivity (Wildman–Crippen MR) is 71.7 cm³/mol. The first kappa shape index (κ1) is 13.7. The summed E-state index contributed by atoms with van der Waals surface area (Å²) in [7, 11) is 1.74. The van der Waals surface area contributed by atoms with Crippen molar-refractivity contribution in [2.24, 2.45) is 0 Å². The van der Waals surface area contributed by atoms with Crippen LogP contribution in [0.3, 0.4) is 0 Å². The van der Waals surface area contributed by atoms with Gasteiger partial charge in [-0.25, -0.2) is 0 Å². The van der Waals surface area contributed by atoms with Gasteiger partial charge in [0, 0.05) is 11.0 Å². The van der Waals surface area contributed by atoms with E-state index in [0.717, 1.165) is 0 Å². The molecule has 0 saturated heterocycles. The molecule has 0 radical (unpaired) electrons. The number of hydrogen-bond donors (Lipinski definition) is 0. The van der Waals surface area contributed by atoms with Gasteiger partial charge in [0.15, 0.2) is 0 Å². The van der Waals surface area contributed by atoms with Gasteiger partial charge in [0.25, 0.3) is 0 Å². The zero-order valence-electron chi connectivity index (χ0n) is 9.88. The molecule has 2 nitrogen and oxygen atoms in total. The molecule has 3 atom stereocenters. The summed E-state index contributed by atoms with van der Waals surface area (Å²) in [6.07, 6.45) is 8.68.